The summed E-state index contributed by atoms with van der Waals surface area (Å²) in [6.07, 6.45) is 24.7. The largest absolute Gasteiger partial charge is 0.382 e. The topological polar surface area (TPSA) is 12.0 Å². The first-order valence-corrected chi connectivity index (χ1v) is 9.77. The third kappa shape index (κ3) is 6.05. The van der Waals surface area contributed by atoms with Gasteiger partial charge in [-0.15, -0.1) is 0 Å². The zero-order valence-electron chi connectivity index (χ0n) is 14.9. The van der Waals surface area contributed by atoms with Crippen LogP contribution in [0.15, 0.2) is 48.7 Å². The highest BCUT2D eigenvalue weighted by molar-refractivity contribution is 5.36. The summed E-state index contributed by atoms with van der Waals surface area (Å²) in [6, 6.07) is 0.636. The van der Waals surface area contributed by atoms with Gasteiger partial charge >= 0.3 is 0 Å². The lowest BCUT2D eigenvalue weighted by molar-refractivity contribution is 0.386. The van der Waals surface area contributed by atoms with Crippen molar-refractivity contribution in [2.45, 2.75) is 83.1 Å². The summed E-state index contributed by atoms with van der Waals surface area (Å²) in [6.45, 7) is 7.91. The number of hydrogen-bond donors (Lipinski definition) is 1. The molecule has 0 aromatic rings. The standard InChI is InChI=1S/C22H35N/c1-3-13-21(19-15-9-6-5-7-10-16-19)22(14-4-2)23-20-17-11-8-12-18-20/h3-4,13-14,19-20,23H,1-2,5-12,15-18H2/b21-13-,22-14+. The van der Waals surface area contributed by atoms with E-state index in [-0.39, 0.29) is 0 Å². The third-order valence-corrected chi connectivity index (χ3v) is 5.40. The Morgan fingerprint density at radius 2 is 1.22 bits per heavy atom. The maximum Gasteiger partial charge on any atom is 0.0377 e. The molecule has 128 valence electrons. The van der Waals surface area contributed by atoms with Crippen molar-refractivity contribution in [2.75, 3.05) is 0 Å². The Labute approximate surface area is 143 Å². The zero-order valence-corrected chi connectivity index (χ0v) is 14.9. The van der Waals surface area contributed by atoms with Crippen LogP contribution in [0.1, 0.15) is 77.0 Å². The lowest BCUT2D eigenvalue weighted by Crippen LogP contribution is -2.32. The van der Waals surface area contributed by atoms with Crippen LogP contribution in [-0.4, -0.2) is 6.04 Å². The minimum atomic E-state index is 0.636. The van der Waals surface area contributed by atoms with E-state index < -0.39 is 0 Å². The van der Waals surface area contributed by atoms with E-state index in [0.717, 1.165) is 0 Å². The molecule has 1 heteroatoms. The quantitative estimate of drug-likeness (QED) is 0.555. The van der Waals surface area contributed by atoms with Gasteiger partial charge in [0.25, 0.3) is 0 Å². The van der Waals surface area contributed by atoms with E-state index >= 15 is 0 Å². The number of nitrogens with one attached hydrogen (secondary N) is 1. The van der Waals surface area contributed by atoms with Gasteiger partial charge < -0.3 is 5.32 Å². The summed E-state index contributed by atoms with van der Waals surface area (Å²) >= 11 is 0. The van der Waals surface area contributed by atoms with Crippen LogP contribution in [-0.2, 0) is 0 Å². The first kappa shape index (κ1) is 18.1. The van der Waals surface area contributed by atoms with E-state index in [4.69, 9.17) is 0 Å². The fraction of sp³-hybridized carbons (Fsp3) is 0.636. The smallest absolute Gasteiger partial charge is 0.0377 e. The Balaban J connectivity index is 2.12. The van der Waals surface area contributed by atoms with Crippen LogP contribution >= 0.6 is 0 Å². The molecule has 2 saturated carbocycles. The van der Waals surface area contributed by atoms with Crippen molar-refractivity contribution in [3.63, 3.8) is 0 Å². The van der Waals surface area contributed by atoms with Gasteiger partial charge in [-0.2, -0.15) is 0 Å². The van der Waals surface area contributed by atoms with E-state index in [1.807, 2.05) is 12.2 Å². The SMILES string of the molecule is C=C/C=C(\C(=C/C=C)NC1CCCCC1)C1CCCCCCC1. The van der Waals surface area contributed by atoms with E-state index in [1.54, 1.807) is 0 Å². The minimum absolute atomic E-state index is 0.636. The molecule has 23 heavy (non-hydrogen) atoms. The Morgan fingerprint density at radius 1 is 0.696 bits per heavy atom. The van der Waals surface area contributed by atoms with Crippen molar-refractivity contribution in [1.82, 2.24) is 5.32 Å². The highest BCUT2D eigenvalue weighted by atomic mass is 14.9. The van der Waals surface area contributed by atoms with Gasteiger partial charge in [0.2, 0.25) is 0 Å². The lowest BCUT2D eigenvalue weighted by atomic mass is 9.83. The Bertz CT molecular complexity index is 415. The van der Waals surface area contributed by atoms with Crippen LogP contribution in [0.5, 0.6) is 0 Å². The second kappa shape index (κ2) is 10.5. The first-order valence-electron chi connectivity index (χ1n) is 9.77. The normalized spacial score (nSPS) is 23.0. The molecule has 0 unspecified atom stereocenters. The van der Waals surface area contributed by atoms with Gasteiger partial charge in [0.15, 0.2) is 0 Å². The minimum Gasteiger partial charge on any atom is -0.382 e. The molecular weight excluding hydrogens is 278 g/mol. The van der Waals surface area contributed by atoms with Crippen molar-refractivity contribution in [2.24, 2.45) is 5.92 Å². The Morgan fingerprint density at radius 3 is 1.83 bits per heavy atom. The summed E-state index contributed by atoms with van der Waals surface area (Å²) in [5.74, 6) is 0.676. The molecule has 2 aliphatic rings. The molecule has 0 amide bonds. The highest BCUT2D eigenvalue weighted by Crippen LogP contribution is 2.32. The van der Waals surface area contributed by atoms with Crippen molar-refractivity contribution >= 4 is 0 Å². The number of allylic oxidation sites excluding steroid dienone is 5. The molecule has 0 aliphatic heterocycles. The zero-order chi connectivity index (χ0) is 16.3. The van der Waals surface area contributed by atoms with Crippen LogP contribution in [0.4, 0.5) is 0 Å². The van der Waals surface area contributed by atoms with Gasteiger partial charge in [-0.3, -0.25) is 0 Å². The van der Waals surface area contributed by atoms with Crippen LogP contribution in [0, 0.1) is 5.92 Å². The van der Waals surface area contributed by atoms with Crippen molar-refractivity contribution in [3.05, 3.63) is 48.7 Å². The van der Waals surface area contributed by atoms with E-state index in [1.165, 1.54) is 88.3 Å². The predicted molar refractivity (Wildman–Crippen MR) is 102 cm³/mol. The van der Waals surface area contributed by atoms with E-state index in [0.29, 0.717) is 12.0 Å². The average Bonchev–Trinajstić information content (AvgIpc) is 2.54. The molecule has 0 heterocycles. The highest BCUT2D eigenvalue weighted by Gasteiger charge is 2.21. The number of rotatable bonds is 6. The monoisotopic (exact) mass is 313 g/mol. The Kier molecular flexibility index (Phi) is 8.28. The van der Waals surface area contributed by atoms with Gasteiger partial charge in [-0.05, 0) is 43.3 Å². The third-order valence-electron chi connectivity index (χ3n) is 5.40. The van der Waals surface area contributed by atoms with E-state index in [2.05, 4.69) is 30.6 Å². The van der Waals surface area contributed by atoms with E-state index in [9.17, 15) is 0 Å². The molecule has 0 saturated heterocycles. The molecule has 2 aliphatic carbocycles. The predicted octanol–water partition coefficient (Wildman–Crippen LogP) is 6.45. The van der Waals surface area contributed by atoms with Gasteiger partial charge in [-0.1, -0.05) is 82.8 Å². The van der Waals surface area contributed by atoms with Crippen LogP contribution in [0.3, 0.4) is 0 Å². The molecule has 0 aromatic heterocycles. The van der Waals surface area contributed by atoms with Crippen molar-refractivity contribution in [1.29, 1.82) is 0 Å². The molecular formula is C22H35N. The fourth-order valence-electron chi connectivity index (χ4n) is 4.15. The summed E-state index contributed by atoms with van der Waals surface area (Å²) in [5, 5.41) is 3.85. The molecule has 0 atom stereocenters. The molecule has 0 spiro atoms. The molecule has 0 aromatic carbocycles. The summed E-state index contributed by atoms with van der Waals surface area (Å²) < 4.78 is 0. The molecule has 1 nitrogen and oxygen atoms in total. The maximum atomic E-state index is 3.97. The van der Waals surface area contributed by atoms with Crippen molar-refractivity contribution in [3.8, 4) is 0 Å². The second-order valence-electron chi connectivity index (χ2n) is 7.20. The molecule has 1 N–H and O–H groups in total. The van der Waals surface area contributed by atoms with Crippen LogP contribution in [0.25, 0.3) is 0 Å². The van der Waals surface area contributed by atoms with Gasteiger partial charge in [-0.25, -0.2) is 0 Å². The summed E-state index contributed by atoms with van der Waals surface area (Å²) in [5.41, 5.74) is 2.77. The van der Waals surface area contributed by atoms with Gasteiger partial charge in [0, 0.05) is 11.7 Å². The average molecular weight is 314 g/mol. The first-order chi connectivity index (χ1) is 11.3. The Hall–Kier alpha value is -1.24. The van der Waals surface area contributed by atoms with Gasteiger partial charge in [0.05, 0.1) is 0 Å². The van der Waals surface area contributed by atoms with Gasteiger partial charge in [0.1, 0.15) is 0 Å². The summed E-state index contributed by atoms with van der Waals surface area (Å²) in [4.78, 5) is 0. The molecule has 2 rings (SSSR count). The number of hydrogen-bond acceptors (Lipinski definition) is 1. The van der Waals surface area contributed by atoms with Crippen LogP contribution in [0.2, 0.25) is 0 Å². The lowest BCUT2D eigenvalue weighted by Gasteiger charge is -2.30. The molecule has 0 radical (unpaired) electrons. The fourth-order valence-corrected chi connectivity index (χ4v) is 4.15. The maximum absolute atomic E-state index is 3.97. The molecule has 2 fully saturated rings. The summed E-state index contributed by atoms with van der Waals surface area (Å²) in [7, 11) is 0. The second-order valence-corrected chi connectivity index (χ2v) is 7.20. The molecule has 0 bridgehead atoms. The van der Waals surface area contributed by atoms with Crippen LogP contribution < -0.4 is 5.32 Å². The van der Waals surface area contributed by atoms with Crippen molar-refractivity contribution < 1.29 is 0 Å².